The van der Waals surface area contributed by atoms with Crippen LogP contribution in [-0.4, -0.2) is 45.8 Å². The number of hydrogen-bond acceptors (Lipinski definition) is 5. The van der Waals surface area contributed by atoms with Crippen molar-refractivity contribution >= 4 is 28.1 Å². The van der Waals surface area contributed by atoms with Crippen LogP contribution in [0.25, 0.3) is 27.3 Å². The lowest BCUT2D eigenvalue weighted by molar-refractivity contribution is 0.0788. The van der Waals surface area contributed by atoms with E-state index in [-0.39, 0.29) is 5.91 Å². The second-order valence-electron chi connectivity index (χ2n) is 8.88. The summed E-state index contributed by atoms with van der Waals surface area (Å²) >= 11 is 1.63. The molecule has 5 rings (SSSR count). The van der Waals surface area contributed by atoms with Gasteiger partial charge < -0.3 is 9.64 Å². The summed E-state index contributed by atoms with van der Waals surface area (Å²) in [6, 6.07) is 14.1. The monoisotopic (exact) mass is 460 g/mol. The Kier molecular flexibility index (Phi) is 5.66. The topological polar surface area (TPSA) is 60.2 Å². The van der Waals surface area contributed by atoms with Crippen LogP contribution < -0.4 is 4.74 Å². The predicted octanol–water partition coefficient (Wildman–Crippen LogP) is 5.83. The van der Waals surface area contributed by atoms with Crippen LogP contribution in [0.5, 0.6) is 5.75 Å². The standard InChI is InChI=1S/C26H28N4O2S/c1-16(2)24-22(18-8-7-9-19(15-18)32-4)27-26(33-24)30-21-11-10-17(3)14-20(21)23(28-30)25(31)29-12-5-6-13-29/h7-11,14-16H,5-6,12-13H2,1-4H3. The molecule has 1 saturated heterocycles. The van der Waals surface area contributed by atoms with E-state index in [1.807, 2.05) is 40.8 Å². The molecule has 1 fully saturated rings. The quantitative estimate of drug-likeness (QED) is 0.376. The predicted molar refractivity (Wildman–Crippen MR) is 133 cm³/mol. The minimum Gasteiger partial charge on any atom is -0.497 e. The van der Waals surface area contributed by atoms with Crippen LogP contribution in [0.15, 0.2) is 42.5 Å². The number of likely N-dealkylation sites (tertiary alicyclic amines) is 1. The molecule has 2 aromatic carbocycles. The van der Waals surface area contributed by atoms with Crippen LogP contribution in [0.2, 0.25) is 0 Å². The zero-order valence-electron chi connectivity index (χ0n) is 19.5. The molecular formula is C26H28N4O2S. The Labute approximate surface area is 197 Å². The Morgan fingerprint density at radius 3 is 2.64 bits per heavy atom. The van der Waals surface area contributed by atoms with Crippen molar-refractivity contribution in [1.29, 1.82) is 0 Å². The molecule has 1 amide bonds. The molecule has 3 heterocycles. The number of carbonyl (C=O) groups is 1. The maximum atomic E-state index is 13.3. The third-order valence-electron chi connectivity index (χ3n) is 6.12. The number of carbonyl (C=O) groups excluding carboxylic acids is 1. The average Bonchev–Trinajstić information content (AvgIpc) is 3.56. The van der Waals surface area contributed by atoms with E-state index in [2.05, 4.69) is 32.0 Å². The van der Waals surface area contributed by atoms with Gasteiger partial charge in [0, 0.05) is 28.9 Å². The van der Waals surface area contributed by atoms with Crippen molar-refractivity contribution in [2.45, 2.75) is 39.5 Å². The van der Waals surface area contributed by atoms with Gasteiger partial charge in [0.25, 0.3) is 5.91 Å². The Balaban J connectivity index is 1.67. The van der Waals surface area contributed by atoms with Gasteiger partial charge in [0.05, 0.1) is 18.3 Å². The van der Waals surface area contributed by atoms with Gasteiger partial charge in [-0.05, 0) is 49.9 Å². The summed E-state index contributed by atoms with van der Waals surface area (Å²) in [5.74, 6) is 1.11. The van der Waals surface area contributed by atoms with E-state index in [0.29, 0.717) is 11.6 Å². The Morgan fingerprint density at radius 1 is 1.12 bits per heavy atom. The number of amides is 1. The number of fused-ring (bicyclic) bond motifs is 1. The van der Waals surface area contributed by atoms with E-state index in [9.17, 15) is 4.79 Å². The minimum absolute atomic E-state index is 0.00973. The third kappa shape index (κ3) is 3.91. The third-order valence-corrected chi connectivity index (χ3v) is 7.45. The van der Waals surface area contributed by atoms with Crippen LogP contribution in [0.3, 0.4) is 0 Å². The van der Waals surface area contributed by atoms with Crippen molar-refractivity contribution in [2.75, 3.05) is 20.2 Å². The van der Waals surface area contributed by atoms with Gasteiger partial charge in [0.2, 0.25) is 5.13 Å². The smallest absolute Gasteiger partial charge is 0.275 e. The number of nitrogens with zero attached hydrogens (tertiary/aromatic N) is 4. The summed E-state index contributed by atoms with van der Waals surface area (Å²) in [7, 11) is 1.67. The van der Waals surface area contributed by atoms with Crippen LogP contribution in [-0.2, 0) is 0 Å². The second kappa shape index (κ2) is 8.63. The number of aryl methyl sites for hydroxylation is 1. The molecule has 1 aliphatic rings. The van der Waals surface area contributed by atoms with Crippen molar-refractivity contribution in [1.82, 2.24) is 19.7 Å². The van der Waals surface area contributed by atoms with Gasteiger partial charge in [-0.15, -0.1) is 0 Å². The van der Waals surface area contributed by atoms with Crippen molar-refractivity contribution in [3.8, 4) is 22.1 Å². The highest BCUT2D eigenvalue weighted by Crippen LogP contribution is 2.37. The highest BCUT2D eigenvalue weighted by atomic mass is 32.1. The minimum atomic E-state index is 0.00973. The molecule has 7 heteroatoms. The van der Waals surface area contributed by atoms with Crippen LogP contribution in [0, 0.1) is 6.92 Å². The highest BCUT2D eigenvalue weighted by molar-refractivity contribution is 7.14. The van der Waals surface area contributed by atoms with Gasteiger partial charge >= 0.3 is 0 Å². The lowest BCUT2D eigenvalue weighted by atomic mass is 10.1. The van der Waals surface area contributed by atoms with Gasteiger partial charge in [-0.1, -0.05) is 48.9 Å². The summed E-state index contributed by atoms with van der Waals surface area (Å²) in [5.41, 5.74) is 4.48. The van der Waals surface area contributed by atoms with Crippen molar-refractivity contribution in [3.05, 3.63) is 58.6 Å². The molecule has 170 valence electrons. The van der Waals surface area contributed by atoms with Crippen LogP contribution in [0.4, 0.5) is 0 Å². The first kappa shape index (κ1) is 21.6. The molecule has 2 aromatic heterocycles. The van der Waals surface area contributed by atoms with Gasteiger partial charge in [-0.25, -0.2) is 9.67 Å². The normalized spacial score (nSPS) is 13.9. The zero-order chi connectivity index (χ0) is 23.1. The largest absolute Gasteiger partial charge is 0.497 e. The molecule has 0 radical (unpaired) electrons. The summed E-state index contributed by atoms with van der Waals surface area (Å²) in [5, 5.41) is 6.49. The molecule has 6 nitrogen and oxygen atoms in total. The fourth-order valence-electron chi connectivity index (χ4n) is 4.39. The average molecular weight is 461 g/mol. The van der Waals surface area contributed by atoms with E-state index in [0.717, 1.165) is 64.5 Å². The molecule has 4 aromatic rings. The van der Waals surface area contributed by atoms with Crippen molar-refractivity contribution in [3.63, 3.8) is 0 Å². The van der Waals surface area contributed by atoms with Crippen molar-refractivity contribution in [2.24, 2.45) is 0 Å². The molecule has 0 atom stereocenters. The second-order valence-corrected chi connectivity index (χ2v) is 9.89. The number of benzene rings is 2. The van der Waals surface area contributed by atoms with E-state index >= 15 is 0 Å². The van der Waals surface area contributed by atoms with Crippen LogP contribution >= 0.6 is 11.3 Å². The van der Waals surface area contributed by atoms with E-state index in [1.165, 1.54) is 4.88 Å². The van der Waals surface area contributed by atoms with Crippen LogP contribution in [0.1, 0.15) is 53.5 Å². The molecule has 0 unspecified atom stereocenters. The number of hydrogen-bond donors (Lipinski definition) is 0. The molecule has 0 aliphatic carbocycles. The number of rotatable bonds is 5. The molecule has 1 aliphatic heterocycles. The Hall–Kier alpha value is -3.19. The number of aromatic nitrogens is 3. The number of thiazole rings is 1. The maximum Gasteiger partial charge on any atom is 0.275 e. The zero-order valence-corrected chi connectivity index (χ0v) is 20.3. The lowest BCUT2D eigenvalue weighted by Crippen LogP contribution is -2.28. The van der Waals surface area contributed by atoms with E-state index in [4.69, 9.17) is 14.8 Å². The molecular weight excluding hydrogens is 432 g/mol. The first-order valence-electron chi connectivity index (χ1n) is 11.4. The summed E-state index contributed by atoms with van der Waals surface area (Å²) < 4.78 is 7.28. The first-order valence-corrected chi connectivity index (χ1v) is 12.2. The molecule has 33 heavy (non-hydrogen) atoms. The molecule has 0 N–H and O–H groups in total. The van der Waals surface area contributed by atoms with Gasteiger partial charge in [-0.2, -0.15) is 5.10 Å². The SMILES string of the molecule is COc1cccc(-c2nc(-n3nc(C(=O)N4CCCC4)c4cc(C)ccc43)sc2C(C)C)c1. The maximum absolute atomic E-state index is 13.3. The molecule has 0 spiro atoms. The Morgan fingerprint density at radius 2 is 1.91 bits per heavy atom. The first-order chi connectivity index (χ1) is 16.0. The summed E-state index contributed by atoms with van der Waals surface area (Å²) in [6.45, 7) is 7.99. The summed E-state index contributed by atoms with van der Waals surface area (Å²) in [4.78, 5) is 21.4. The highest BCUT2D eigenvalue weighted by Gasteiger charge is 2.27. The van der Waals surface area contributed by atoms with Gasteiger partial charge in [0.1, 0.15) is 5.75 Å². The lowest BCUT2D eigenvalue weighted by Gasteiger charge is -2.13. The molecule has 0 saturated carbocycles. The van der Waals surface area contributed by atoms with E-state index in [1.54, 1.807) is 18.4 Å². The molecule has 0 bridgehead atoms. The number of methoxy groups -OCH3 is 1. The summed E-state index contributed by atoms with van der Waals surface area (Å²) in [6.07, 6.45) is 2.11. The fraction of sp³-hybridized carbons (Fsp3) is 0.346. The van der Waals surface area contributed by atoms with Gasteiger partial charge in [-0.3, -0.25) is 4.79 Å². The van der Waals surface area contributed by atoms with Crippen molar-refractivity contribution < 1.29 is 9.53 Å². The van der Waals surface area contributed by atoms with Gasteiger partial charge in [0.15, 0.2) is 5.69 Å². The number of ether oxygens (including phenoxy) is 1. The van der Waals surface area contributed by atoms with E-state index < -0.39 is 0 Å². The fourth-order valence-corrected chi connectivity index (χ4v) is 5.44. The Bertz CT molecular complexity index is 1330.